The summed E-state index contributed by atoms with van der Waals surface area (Å²) >= 11 is 0. The third-order valence-electron chi connectivity index (χ3n) is 3.96. The fourth-order valence-corrected chi connectivity index (χ4v) is 2.61. The van der Waals surface area contributed by atoms with Crippen molar-refractivity contribution in [2.24, 2.45) is 0 Å². The molecule has 1 amide bonds. The van der Waals surface area contributed by atoms with Gasteiger partial charge >= 0.3 is 12.1 Å². The van der Waals surface area contributed by atoms with Crippen molar-refractivity contribution < 1.29 is 31.7 Å². The third kappa shape index (κ3) is 3.73. The molecule has 138 valence electrons. The average molecular weight is 371 g/mol. The lowest BCUT2D eigenvalue weighted by atomic mass is 10.0. The zero-order chi connectivity index (χ0) is 18.9. The van der Waals surface area contributed by atoms with Gasteiger partial charge in [0.05, 0.1) is 12.1 Å². The van der Waals surface area contributed by atoms with Crippen molar-refractivity contribution >= 4 is 11.7 Å². The van der Waals surface area contributed by atoms with E-state index in [0.29, 0.717) is 13.0 Å². The van der Waals surface area contributed by atoms with Gasteiger partial charge in [0.25, 0.3) is 0 Å². The Bertz CT molecular complexity index is 848. The van der Waals surface area contributed by atoms with Gasteiger partial charge in [-0.05, 0) is 25.0 Å². The molecule has 0 N–H and O–H groups in total. The molecule has 0 spiro atoms. The lowest BCUT2D eigenvalue weighted by Crippen LogP contribution is -2.39. The normalized spacial score (nSPS) is 15.4. The molecule has 1 aliphatic rings. The van der Waals surface area contributed by atoms with Crippen LogP contribution in [0, 0.1) is 5.82 Å². The fourth-order valence-electron chi connectivity index (χ4n) is 2.61. The van der Waals surface area contributed by atoms with Crippen LogP contribution in [0.25, 0.3) is 11.4 Å². The van der Waals surface area contributed by atoms with Crippen LogP contribution in [-0.2, 0) is 11.0 Å². The van der Waals surface area contributed by atoms with Gasteiger partial charge in [0.1, 0.15) is 5.82 Å². The first kappa shape index (κ1) is 18.0. The molecule has 1 saturated heterocycles. The minimum atomic E-state index is -4.83. The van der Waals surface area contributed by atoms with Crippen LogP contribution in [0.4, 0.5) is 17.6 Å². The number of hydrogen-bond donors (Lipinski definition) is 0. The average Bonchev–Trinajstić information content (AvgIpc) is 3.07. The first-order chi connectivity index (χ1) is 12.3. The number of alkyl halides is 3. The summed E-state index contributed by atoms with van der Waals surface area (Å²) in [5, 5.41) is 3.11. The van der Waals surface area contributed by atoms with Crippen molar-refractivity contribution in [2.45, 2.75) is 25.4 Å². The molecule has 1 aromatic carbocycles. The summed E-state index contributed by atoms with van der Waals surface area (Å²) < 4.78 is 55.7. The molecule has 2 heterocycles. The Morgan fingerprint density at radius 2 is 2.04 bits per heavy atom. The third-order valence-corrected chi connectivity index (χ3v) is 3.96. The highest BCUT2D eigenvalue weighted by molar-refractivity contribution is 5.99. The number of aromatic nitrogens is 2. The van der Waals surface area contributed by atoms with E-state index in [-0.39, 0.29) is 23.6 Å². The molecule has 26 heavy (non-hydrogen) atoms. The number of likely N-dealkylation sites (tertiary alicyclic amines) is 1. The number of hydrogen-bond acceptors (Lipinski definition) is 5. The van der Waals surface area contributed by atoms with E-state index in [1.165, 1.54) is 11.0 Å². The number of carbonyl (C=O) groups excluding carboxylic acids is 2. The fraction of sp³-hybridized carbons (Fsp3) is 0.375. The maximum atomic E-state index is 14.2. The van der Waals surface area contributed by atoms with Crippen LogP contribution in [0.3, 0.4) is 0 Å². The monoisotopic (exact) mass is 371 g/mol. The van der Waals surface area contributed by atoms with Crippen LogP contribution in [0.15, 0.2) is 22.7 Å². The van der Waals surface area contributed by atoms with Gasteiger partial charge in [0.15, 0.2) is 5.78 Å². The van der Waals surface area contributed by atoms with Crippen LogP contribution in [-0.4, -0.2) is 39.8 Å². The van der Waals surface area contributed by atoms with Gasteiger partial charge in [0, 0.05) is 18.5 Å². The standard InChI is InChI=1S/C16H13F4N3O3/c17-11-7-9(12(24)8-23-6-2-1-3-13(23)25)4-5-10(11)14-21-15(26-22-14)16(18,19)20/h4-5,7H,1-3,6,8H2. The van der Waals surface area contributed by atoms with Crippen molar-refractivity contribution in [2.75, 3.05) is 13.1 Å². The van der Waals surface area contributed by atoms with Crippen molar-refractivity contribution in [3.05, 3.63) is 35.5 Å². The van der Waals surface area contributed by atoms with Crippen LogP contribution >= 0.6 is 0 Å². The van der Waals surface area contributed by atoms with Crippen LogP contribution in [0.5, 0.6) is 0 Å². The molecule has 0 saturated carbocycles. The number of Topliss-reactive ketones (excluding diaryl/α,β-unsaturated/α-hetero) is 1. The number of amides is 1. The predicted octanol–water partition coefficient (Wildman–Crippen LogP) is 3.09. The smallest absolute Gasteiger partial charge is 0.335 e. The topological polar surface area (TPSA) is 76.3 Å². The molecule has 2 aromatic rings. The Morgan fingerprint density at radius 3 is 2.65 bits per heavy atom. The molecule has 1 fully saturated rings. The summed E-state index contributed by atoms with van der Waals surface area (Å²) in [4.78, 5) is 28.5. The van der Waals surface area contributed by atoms with Gasteiger partial charge in [-0.15, -0.1) is 0 Å². The lowest BCUT2D eigenvalue weighted by molar-refractivity contribution is -0.159. The first-order valence-corrected chi connectivity index (χ1v) is 7.77. The minimum absolute atomic E-state index is 0.00385. The highest BCUT2D eigenvalue weighted by Crippen LogP contribution is 2.30. The summed E-state index contributed by atoms with van der Waals surface area (Å²) in [6.07, 6.45) is -2.89. The molecule has 1 aromatic heterocycles. The number of carbonyl (C=O) groups is 2. The molecule has 0 atom stereocenters. The molecule has 0 unspecified atom stereocenters. The summed E-state index contributed by atoms with van der Waals surface area (Å²) in [5.74, 6) is -3.71. The molecule has 6 nitrogen and oxygen atoms in total. The zero-order valence-corrected chi connectivity index (χ0v) is 13.3. The van der Waals surface area contributed by atoms with Gasteiger partial charge < -0.3 is 9.42 Å². The molecular weight excluding hydrogens is 358 g/mol. The van der Waals surface area contributed by atoms with E-state index >= 15 is 0 Å². The van der Waals surface area contributed by atoms with E-state index in [4.69, 9.17) is 0 Å². The quantitative estimate of drug-likeness (QED) is 0.610. The minimum Gasteiger partial charge on any atom is -0.335 e. The Kier molecular flexibility index (Phi) is 4.75. The van der Waals surface area contributed by atoms with Gasteiger partial charge in [-0.25, -0.2) is 4.39 Å². The van der Waals surface area contributed by atoms with Crippen molar-refractivity contribution in [1.82, 2.24) is 15.0 Å². The summed E-state index contributed by atoms with van der Waals surface area (Å²) in [5.41, 5.74) is -0.320. The van der Waals surface area contributed by atoms with Crippen LogP contribution in [0.2, 0.25) is 0 Å². The molecule has 10 heteroatoms. The molecule has 0 radical (unpaired) electrons. The highest BCUT2D eigenvalue weighted by Gasteiger charge is 2.38. The largest absolute Gasteiger partial charge is 0.471 e. The molecular formula is C16H13F4N3O3. The van der Waals surface area contributed by atoms with E-state index in [1.54, 1.807) is 0 Å². The number of rotatable bonds is 4. The zero-order valence-electron chi connectivity index (χ0n) is 13.3. The van der Waals surface area contributed by atoms with Crippen LogP contribution in [0.1, 0.15) is 35.5 Å². The second kappa shape index (κ2) is 6.85. The van der Waals surface area contributed by atoms with Crippen molar-refractivity contribution in [3.8, 4) is 11.4 Å². The van der Waals surface area contributed by atoms with Gasteiger partial charge in [-0.2, -0.15) is 18.2 Å². The maximum absolute atomic E-state index is 14.2. The molecule has 0 bridgehead atoms. The Hall–Kier alpha value is -2.78. The highest BCUT2D eigenvalue weighted by atomic mass is 19.4. The molecule has 0 aliphatic carbocycles. The van der Waals surface area contributed by atoms with E-state index in [0.717, 1.165) is 25.0 Å². The number of halogens is 4. The van der Waals surface area contributed by atoms with E-state index in [9.17, 15) is 27.2 Å². The number of piperidine rings is 1. The lowest BCUT2D eigenvalue weighted by Gasteiger charge is -2.25. The Labute approximate surface area is 144 Å². The van der Waals surface area contributed by atoms with Crippen LogP contribution < -0.4 is 0 Å². The molecule has 1 aliphatic heterocycles. The second-order valence-electron chi connectivity index (χ2n) is 5.81. The van der Waals surface area contributed by atoms with Gasteiger partial charge in [0.2, 0.25) is 11.7 Å². The summed E-state index contributed by atoms with van der Waals surface area (Å²) in [6, 6.07) is 3.24. The maximum Gasteiger partial charge on any atom is 0.471 e. The number of ketones is 1. The molecule has 3 rings (SSSR count). The summed E-state index contributed by atoms with van der Waals surface area (Å²) in [6.45, 7) is 0.298. The Morgan fingerprint density at radius 1 is 1.27 bits per heavy atom. The van der Waals surface area contributed by atoms with Gasteiger partial charge in [-0.1, -0.05) is 11.2 Å². The first-order valence-electron chi connectivity index (χ1n) is 7.77. The van der Waals surface area contributed by atoms with Crippen molar-refractivity contribution in [3.63, 3.8) is 0 Å². The van der Waals surface area contributed by atoms with Crippen molar-refractivity contribution in [1.29, 1.82) is 0 Å². The predicted molar refractivity (Wildman–Crippen MR) is 79.5 cm³/mol. The Balaban J connectivity index is 1.78. The van der Waals surface area contributed by atoms with E-state index in [2.05, 4.69) is 14.7 Å². The summed E-state index contributed by atoms with van der Waals surface area (Å²) in [7, 11) is 0. The number of benzene rings is 1. The van der Waals surface area contributed by atoms with E-state index < -0.39 is 29.5 Å². The second-order valence-corrected chi connectivity index (χ2v) is 5.81. The van der Waals surface area contributed by atoms with E-state index in [1.807, 2.05) is 0 Å². The van der Waals surface area contributed by atoms with Gasteiger partial charge in [-0.3, -0.25) is 9.59 Å². The number of nitrogens with zero attached hydrogens (tertiary/aromatic N) is 3. The SMILES string of the molecule is O=C(CN1CCCCC1=O)c1ccc(-c2noc(C(F)(F)F)n2)c(F)c1.